The fourth-order valence-corrected chi connectivity index (χ4v) is 3.51. The molecule has 2 aromatic carbocycles. The summed E-state index contributed by atoms with van der Waals surface area (Å²) in [5.74, 6) is 0.189. The summed E-state index contributed by atoms with van der Waals surface area (Å²) in [5, 5.41) is 0.708. The maximum absolute atomic E-state index is 12.9. The molecule has 0 aliphatic carbocycles. The van der Waals surface area contributed by atoms with Gasteiger partial charge in [-0.05, 0) is 23.3 Å². The van der Waals surface area contributed by atoms with Crippen molar-refractivity contribution >= 4 is 17.5 Å². The quantitative estimate of drug-likeness (QED) is 0.728. The van der Waals surface area contributed by atoms with Gasteiger partial charge in [-0.2, -0.15) is 0 Å². The Morgan fingerprint density at radius 1 is 1.07 bits per heavy atom. The van der Waals surface area contributed by atoms with Crippen molar-refractivity contribution in [3.8, 4) is 0 Å². The van der Waals surface area contributed by atoms with Crippen LogP contribution in [0.2, 0.25) is 5.02 Å². The lowest BCUT2D eigenvalue weighted by molar-refractivity contribution is -0.130. The molecule has 0 aromatic heterocycles. The van der Waals surface area contributed by atoms with Gasteiger partial charge < -0.3 is 9.64 Å². The van der Waals surface area contributed by atoms with Crippen LogP contribution in [0.4, 0.5) is 0 Å². The molecule has 4 nitrogen and oxygen atoms in total. The number of hydrogen-bond acceptors (Lipinski definition) is 3. The number of ether oxygens (including phenoxy) is 1. The number of nitrogens with zero attached hydrogens (tertiary/aromatic N) is 2. The van der Waals surface area contributed by atoms with E-state index in [9.17, 15) is 4.79 Å². The van der Waals surface area contributed by atoms with E-state index < -0.39 is 0 Å². The molecular formula is C22H27ClN2O2. The van der Waals surface area contributed by atoms with Gasteiger partial charge in [0.25, 0.3) is 0 Å². The molecule has 1 amide bonds. The van der Waals surface area contributed by atoms with Crippen LogP contribution in [0.25, 0.3) is 0 Å². The van der Waals surface area contributed by atoms with Gasteiger partial charge in [-0.1, -0.05) is 54.1 Å². The lowest BCUT2D eigenvalue weighted by atomic mass is 9.88. The second kappa shape index (κ2) is 9.88. The van der Waals surface area contributed by atoms with Gasteiger partial charge in [0.15, 0.2) is 0 Å². The van der Waals surface area contributed by atoms with Gasteiger partial charge in [-0.3, -0.25) is 9.69 Å². The second-order valence-electron chi connectivity index (χ2n) is 6.99. The number of benzene rings is 2. The number of hydrogen-bond donors (Lipinski definition) is 0. The van der Waals surface area contributed by atoms with Crippen LogP contribution in [-0.4, -0.2) is 62.1 Å². The number of amides is 1. The molecule has 3 rings (SSSR count). The number of halogens is 1. The molecule has 1 atom stereocenters. The Morgan fingerprint density at radius 2 is 1.70 bits per heavy atom. The molecule has 5 heteroatoms. The standard InChI is InChI=1S/C22H27ClN2O2/c1-24(11-12-25-13-15-27-16-14-25)22(26)17-21(18-5-3-2-4-6-18)19-7-9-20(23)10-8-19/h2-10,21H,11-17H2,1H3/t21-/m0/s1. The summed E-state index contributed by atoms with van der Waals surface area (Å²) in [7, 11) is 1.90. The number of morpholine rings is 1. The highest BCUT2D eigenvalue weighted by Gasteiger charge is 2.21. The summed E-state index contributed by atoms with van der Waals surface area (Å²) in [6.45, 7) is 5.08. The van der Waals surface area contributed by atoms with Gasteiger partial charge in [0.05, 0.1) is 13.2 Å². The van der Waals surface area contributed by atoms with Crippen molar-refractivity contribution in [1.82, 2.24) is 9.80 Å². The monoisotopic (exact) mass is 386 g/mol. The van der Waals surface area contributed by atoms with Crippen LogP contribution in [0.5, 0.6) is 0 Å². The molecule has 0 saturated carbocycles. The Balaban J connectivity index is 1.65. The van der Waals surface area contributed by atoms with Gasteiger partial charge in [0.1, 0.15) is 0 Å². The van der Waals surface area contributed by atoms with Gasteiger partial charge in [0, 0.05) is 50.6 Å². The van der Waals surface area contributed by atoms with E-state index in [0.29, 0.717) is 11.4 Å². The number of likely N-dealkylation sites (N-methyl/N-ethyl adjacent to an activating group) is 1. The summed E-state index contributed by atoms with van der Waals surface area (Å²) in [6, 6.07) is 18.0. The largest absolute Gasteiger partial charge is 0.379 e. The molecule has 144 valence electrons. The molecule has 0 N–H and O–H groups in total. The molecule has 1 saturated heterocycles. The molecule has 0 spiro atoms. The number of rotatable bonds is 7. The van der Waals surface area contributed by atoms with Crippen molar-refractivity contribution in [2.24, 2.45) is 0 Å². The predicted molar refractivity (Wildman–Crippen MR) is 109 cm³/mol. The summed E-state index contributed by atoms with van der Waals surface area (Å²) in [5.41, 5.74) is 2.26. The zero-order valence-electron chi connectivity index (χ0n) is 15.8. The highest BCUT2D eigenvalue weighted by molar-refractivity contribution is 6.30. The fraction of sp³-hybridized carbons (Fsp3) is 0.409. The Bertz CT molecular complexity index is 715. The smallest absolute Gasteiger partial charge is 0.223 e. The van der Waals surface area contributed by atoms with Gasteiger partial charge >= 0.3 is 0 Å². The third-order valence-corrected chi connectivity index (χ3v) is 5.39. The van der Waals surface area contributed by atoms with E-state index >= 15 is 0 Å². The first kappa shape index (κ1) is 19.9. The fourth-order valence-electron chi connectivity index (χ4n) is 3.38. The molecular weight excluding hydrogens is 360 g/mol. The molecule has 1 aliphatic rings. The lowest BCUT2D eigenvalue weighted by Crippen LogP contribution is -2.42. The molecule has 0 unspecified atom stereocenters. The van der Waals surface area contributed by atoms with Crippen molar-refractivity contribution in [1.29, 1.82) is 0 Å². The van der Waals surface area contributed by atoms with Crippen molar-refractivity contribution in [3.63, 3.8) is 0 Å². The predicted octanol–water partition coefficient (Wildman–Crippen LogP) is 3.65. The van der Waals surface area contributed by atoms with Gasteiger partial charge in [0.2, 0.25) is 5.91 Å². The van der Waals surface area contributed by atoms with Crippen LogP contribution in [-0.2, 0) is 9.53 Å². The maximum atomic E-state index is 12.9. The molecule has 0 bridgehead atoms. The first-order valence-corrected chi connectivity index (χ1v) is 9.86. The zero-order chi connectivity index (χ0) is 19.1. The maximum Gasteiger partial charge on any atom is 0.223 e. The minimum atomic E-state index is 0.0294. The van der Waals surface area contributed by atoms with Crippen LogP contribution in [0.3, 0.4) is 0 Å². The van der Waals surface area contributed by atoms with E-state index in [4.69, 9.17) is 16.3 Å². The van der Waals surface area contributed by atoms with Crippen LogP contribution >= 0.6 is 11.6 Å². The summed E-state index contributed by atoms with van der Waals surface area (Å²) < 4.78 is 5.38. The minimum absolute atomic E-state index is 0.0294. The first-order valence-electron chi connectivity index (χ1n) is 9.48. The Labute approximate surface area is 166 Å². The third kappa shape index (κ3) is 5.80. The molecule has 2 aromatic rings. The topological polar surface area (TPSA) is 32.8 Å². The third-order valence-electron chi connectivity index (χ3n) is 5.13. The van der Waals surface area contributed by atoms with E-state index in [-0.39, 0.29) is 11.8 Å². The highest BCUT2D eigenvalue weighted by Crippen LogP contribution is 2.29. The SMILES string of the molecule is CN(CCN1CCOCC1)C(=O)C[C@@H](c1ccccc1)c1ccc(Cl)cc1. The Morgan fingerprint density at radius 3 is 2.37 bits per heavy atom. The van der Waals surface area contributed by atoms with Crippen LogP contribution in [0, 0.1) is 0 Å². The normalized spacial score (nSPS) is 16.1. The summed E-state index contributed by atoms with van der Waals surface area (Å²) >= 11 is 6.04. The Hall–Kier alpha value is -1.88. The zero-order valence-corrected chi connectivity index (χ0v) is 16.6. The molecule has 27 heavy (non-hydrogen) atoms. The summed E-state index contributed by atoms with van der Waals surface area (Å²) in [4.78, 5) is 17.1. The minimum Gasteiger partial charge on any atom is -0.379 e. The van der Waals surface area contributed by atoms with Crippen molar-refractivity contribution in [2.75, 3.05) is 46.4 Å². The summed E-state index contributed by atoms with van der Waals surface area (Å²) in [6.07, 6.45) is 0.450. The van der Waals surface area contributed by atoms with E-state index in [0.717, 1.165) is 50.5 Å². The molecule has 1 fully saturated rings. The molecule has 1 aliphatic heterocycles. The molecule has 1 heterocycles. The molecule has 0 radical (unpaired) electrons. The van der Waals surface area contributed by atoms with Gasteiger partial charge in [-0.15, -0.1) is 0 Å². The number of carbonyl (C=O) groups is 1. The van der Waals surface area contributed by atoms with Crippen LogP contribution in [0.1, 0.15) is 23.5 Å². The number of carbonyl (C=O) groups excluding carboxylic acids is 1. The lowest BCUT2D eigenvalue weighted by Gasteiger charge is -2.29. The van der Waals surface area contributed by atoms with E-state index in [1.807, 2.05) is 54.4 Å². The van der Waals surface area contributed by atoms with Crippen molar-refractivity contribution in [3.05, 3.63) is 70.7 Å². The second-order valence-corrected chi connectivity index (χ2v) is 7.42. The van der Waals surface area contributed by atoms with Crippen LogP contribution in [0.15, 0.2) is 54.6 Å². The van der Waals surface area contributed by atoms with E-state index in [2.05, 4.69) is 17.0 Å². The highest BCUT2D eigenvalue weighted by atomic mass is 35.5. The Kier molecular flexibility index (Phi) is 7.27. The van der Waals surface area contributed by atoms with E-state index in [1.54, 1.807) is 0 Å². The van der Waals surface area contributed by atoms with E-state index in [1.165, 1.54) is 0 Å². The average molecular weight is 387 g/mol. The van der Waals surface area contributed by atoms with Crippen LogP contribution < -0.4 is 0 Å². The van der Waals surface area contributed by atoms with Gasteiger partial charge in [-0.25, -0.2) is 0 Å². The van der Waals surface area contributed by atoms with Crippen molar-refractivity contribution < 1.29 is 9.53 Å². The average Bonchev–Trinajstić information content (AvgIpc) is 2.72. The van der Waals surface area contributed by atoms with Crippen molar-refractivity contribution in [2.45, 2.75) is 12.3 Å². The first-order chi connectivity index (χ1) is 13.1.